The molecular formula is C17H22N2O5S. The van der Waals surface area contributed by atoms with E-state index in [1.54, 1.807) is 19.2 Å². The minimum atomic E-state index is -3.83. The summed E-state index contributed by atoms with van der Waals surface area (Å²) in [6, 6.07) is 5.23. The molecule has 0 saturated carbocycles. The van der Waals surface area contributed by atoms with Crippen LogP contribution in [0, 0.1) is 5.92 Å². The molecule has 1 aromatic rings. The van der Waals surface area contributed by atoms with Gasteiger partial charge in [-0.05, 0) is 44.4 Å². The lowest BCUT2D eigenvalue weighted by molar-refractivity contribution is -0.142. The van der Waals surface area contributed by atoms with Crippen LogP contribution in [0.2, 0.25) is 0 Å². The molecule has 2 fully saturated rings. The fourth-order valence-corrected chi connectivity index (χ4v) is 5.82. The number of carbonyl (C=O) groups is 2. The van der Waals surface area contributed by atoms with Crippen molar-refractivity contribution in [3.05, 3.63) is 29.8 Å². The molecule has 0 spiro atoms. The van der Waals surface area contributed by atoms with Crippen molar-refractivity contribution in [2.75, 3.05) is 13.6 Å². The van der Waals surface area contributed by atoms with Gasteiger partial charge in [-0.15, -0.1) is 0 Å². The molecule has 3 unspecified atom stereocenters. The first-order valence-corrected chi connectivity index (χ1v) is 9.83. The van der Waals surface area contributed by atoms with Gasteiger partial charge in [0.25, 0.3) is 5.91 Å². The lowest BCUT2D eigenvalue weighted by Crippen LogP contribution is -2.38. The number of hydrogen-bond donors (Lipinski definition) is 1. The van der Waals surface area contributed by atoms with Crippen molar-refractivity contribution in [3.63, 3.8) is 0 Å². The molecule has 25 heavy (non-hydrogen) atoms. The van der Waals surface area contributed by atoms with Gasteiger partial charge in [-0.2, -0.15) is 4.31 Å². The lowest BCUT2D eigenvalue weighted by Gasteiger charge is -2.23. The van der Waals surface area contributed by atoms with Gasteiger partial charge >= 0.3 is 5.97 Å². The Labute approximate surface area is 147 Å². The van der Waals surface area contributed by atoms with Crippen LogP contribution in [0.4, 0.5) is 0 Å². The third-order valence-corrected chi connectivity index (χ3v) is 7.24. The number of fused-ring (bicyclic) bond motifs is 2. The molecule has 0 aromatic heterocycles. The summed E-state index contributed by atoms with van der Waals surface area (Å²) in [7, 11) is -2.18. The summed E-state index contributed by atoms with van der Waals surface area (Å²) < 4.78 is 27.5. The normalized spacial score (nSPS) is 25.9. The van der Waals surface area contributed by atoms with Gasteiger partial charge in [-0.1, -0.05) is 6.07 Å². The third-order valence-electron chi connectivity index (χ3n) is 5.27. The van der Waals surface area contributed by atoms with E-state index in [4.69, 9.17) is 0 Å². The second kappa shape index (κ2) is 6.42. The van der Waals surface area contributed by atoms with Gasteiger partial charge in [0, 0.05) is 31.2 Å². The Balaban J connectivity index is 1.94. The summed E-state index contributed by atoms with van der Waals surface area (Å²) in [6.07, 6.45) is 1.61. The van der Waals surface area contributed by atoms with Gasteiger partial charge in [0.1, 0.15) is 0 Å². The largest absolute Gasteiger partial charge is 0.481 e. The first kappa shape index (κ1) is 17.9. The summed E-state index contributed by atoms with van der Waals surface area (Å²) in [5, 5.41) is 9.32. The smallest absolute Gasteiger partial charge is 0.308 e. The average Bonchev–Trinajstić information content (AvgIpc) is 3.19. The number of benzene rings is 1. The van der Waals surface area contributed by atoms with Crippen LogP contribution in [0.15, 0.2) is 29.2 Å². The van der Waals surface area contributed by atoms with E-state index >= 15 is 0 Å². The zero-order valence-corrected chi connectivity index (χ0v) is 15.1. The van der Waals surface area contributed by atoms with Crippen molar-refractivity contribution in [3.8, 4) is 0 Å². The Morgan fingerprint density at radius 3 is 2.64 bits per heavy atom. The van der Waals surface area contributed by atoms with Gasteiger partial charge in [0.05, 0.1) is 10.8 Å². The monoisotopic (exact) mass is 366 g/mol. The molecule has 1 amide bonds. The van der Waals surface area contributed by atoms with Crippen molar-refractivity contribution in [1.82, 2.24) is 9.21 Å². The van der Waals surface area contributed by atoms with Crippen LogP contribution >= 0.6 is 0 Å². The average molecular weight is 366 g/mol. The maximum absolute atomic E-state index is 13.1. The van der Waals surface area contributed by atoms with E-state index in [-0.39, 0.29) is 16.8 Å². The molecule has 2 aliphatic heterocycles. The summed E-state index contributed by atoms with van der Waals surface area (Å²) in [6.45, 7) is 2.36. The fraction of sp³-hybridized carbons (Fsp3) is 0.529. The summed E-state index contributed by atoms with van der Waals surface area (Å²) in [5.41, 5.74) is 0.312. The molecule has 8 heteroatoms. The summed E-state index contributed by atoms with van der Waals surface area (Å²) >= 11 is 0. The molecular weight excluding hydrogens is 344 g/mol. The maximum Gasteiger partial charge on any atom is 0.308 e. The Morgan fingerprint density at radius 1 is 1.32 bits per heavy atom. The Bertz CT molecular complexity index is 807. The Hall–Kier alpha value is -1.93. The Kier molecular flexibility index (Phi) is 4.59. The third kappa shape index (κ3) is 2.93. The van der Waals surface area contributed by atoms with Crippen LogP contribution in [0.3, 0.4) is 0 Å². The molecule has 2 aliphatic rings. The molecule has 0 aliphatic carbocycles. The predicted molar refractivity (Wildman–Crippen MR) is 90.7 cm³/mol. The van der Waals surface area contributed by atoms with E-state index in [9.17, 15) is 23.1 Å². The zero-order chi connectivity index (χ0) is 18.4. The molecule has 2 bridgehead atoms. The number of sulfonamides is 1. The number of amides is 1. The highest BCUT2D eigenvalue weighted by molar-refractivity contribution is 7.89. The molecule has 2 saturated heterocycles. The lowest BCUT2D eigenvalue weighted by atomic mass is 9.89. The van der Waals surface area contributed by atoms with Gasteiger partial charge in [-0.3, -0.25) is 9.59 Å². The van der Waals surface area contributed by atoms with Gasteiger partial charge in [0.15, 0.2) is 0 Å². The molecule has 1 N–H and O–H groups in total. The number of carboxylic acid groups (broad SMARTS) is 1. The van der Waals surface area contributed by atoms with Crippen molar-refractivity contribution >= 4 is 21.9 Å². The van der Waals surface area contributed by atoms with Crippen molar-refractivity contribution in [2.45, 2.75) is 43.2 Å². The first-order chi connectivity index (χ1) is 11.8. The summed E-state index contributed by atoms with van der Waals surface area (Å²) in [4.78, 5) is 25.2. The highest BCUT2D eigenvalue weighted by Gasteiger charge is 2.54. The topological polar surface area (TPSA) is 95.0 Å². The molecule has 2 heterocycles. The van der Waals surface area contributed by atoms with Gasteiger partial charge in [0.2, 0.25) is 10.0 Å². The number of nitrogens with zero attached hydrogens (tertiary/aromatic N) is 2. The van der Waals surface area contributed by atoms with E-state index in [0.717, 1.165) is 0 Å². The SMILES string of the molecule is CCN(C)C(=O)c1cccc(S(=O)(=O)N2C3CCC2C(C(=O)O)C3)c1. The van der Waals surface area contributed by atoms with Crippen LogP contribution in [0.1, 0.15) is 36.5 Å². The van der Waals surface area contributed by atoms with Gasteiger partial charge in [-0.25, -0.2) is 8.42 Å². The summed E-state index contributed by atoms with van der Waals surface area (Å²) in [5.74, 6) is -1.84. The van der Waals surface area contributed by atoms with Crippen molar-refractivity contribution in [1.29, 1.82) is 0 Å². The predicted octanol–water partition coefficient (Wildman–Crippen LogP) is 1.40. The minimum Gasteiger partial charge on any atom is -0.481 e. The molecule has 7 nitrogen and oxygen atoms in total. The van der Waals surface area contributed by atoms with Crippen molar-refractivity contribution < 1.29 is 23.1 Å². The number of rotatable bonds is 5. The van der Waals surface area contributed by atoms with Crippen LogP contribution in [-0.4, -0.2) is 60.3 Å². The van der Waals surface area contributed by atoms with Crippen LogP contribution < -0.4 is 0 Å². The zero-order valence-electron chi connectivity index (χ0n) is 14.3. The molecule has 136 valence electrons. The van der Waals surface area contributed by atoms with Gasteiger partial charge < -0.3 is 10.0 Å². The number of aliphatic carboxylic acids is 1. The molecule has 0 radical (unpaired) electrons. The van der Waals surface area contributed by atoms with E-state index < -0.39 is 28.0 Å². The Morgan fingerprint density at radius 2 is 2.04 bits per heavy atom. The second-order valence-corrected chi connectivity index (χ2v) is 8.50. The van der Waals surface area contributed by atoms with E-state index in [2.05, 4.69) is 0 Å². The van der Waals surface area contributed by atoms with Crippen LogP contribution in [0.5, 0.6) is 0 Å². The standard InChI is InChI=1S/C17H22N2O5S/c1-3-18(2)16(20)11-5-4-6-13(9-11)25(23,24)19-12-7-8-15(19)14(10-12)17(21)22/h4-6,9,12,14-15H,3,7-8,10H2,1-2H3,(H,21,22). The van der Waals surface area contributed by atoms with E-state index in [1.165, 1.54) is 21.3 Å². The fourth-order valence-electron chi connectivity index (χ4n) is 3.85. The number of carbonyl (C=O) groups excluding carboxylic acids is 1. The quantitative estimate of drug-likeness (QED) is 0.850. The molecule has 1 aromatic carbocycles. The minimum absolute atomic E-state index is 0.0470. The number of carboxylic acids is 1. The maximum atomic E-state index is 13.1. The van der Waals surface area contributed by atoms with Crippen LogP contribution in [-0.2, 0) is 14.8 Å². The highest BCUT2D eigenvalue weighted by Crippen LogP contribution is 2.45. The van der Waals surface area contributed by atoms with E-state index in [1.807, 2.05) is 6.92 Å². The highest BCUT2D eigenvalue weighted by atomic mass is 32.2. The molecule has 3 atom stereocenters. The van der Waals surface area contributed by atoms with E-state index in [0.29, 0.717) is 31.4 Å². The first-order valence-electron chi connectivity index (χ1n) is 8.39. The second-order valence-electron chi connectivity index (χ2n) is 6.66. The van der Waals surface area contributed by atoms with Crippen molar-refractivity contribution in [2.24, 2.45) is 5.92 Å². The van der Waals surface area contributed by atoms with Crippen LogP contribution in [0.25, 0.3) is 0 Å². The number of hydrogen-bond acceptors (Lipinski definition) is 4. The molecule has 3 rings (SSSR count).